The first-order valence-corrected chi connectivity index (χ1v) is 8.59. The predicted octanol–water partition coefficient (Wildman–Crippen LogP) is 4.62. The average molecular weight is 393 g/mol. The summed E-state index contributed by atoms with van der Waals surface area (Å²) in [6.07, 6.45) is 3.47. The van der Waals surface area contributed by atoms with E-state index in [1.54, 1.807) is 0 Å². The summed E-state index contributed by atoms with van der Waals surface area (Å²) in [6, 6.07) is 10.4. The van der Waals surface area contributed by atoms with Crippen LogP contribution in [0.25, 0.3) is 11.3 Å². The first-order chi connectivity index (χ1) is 10.1. The Morgan fingerprint density at radius 2 is 1.90 bits per heavy atom. The minimum absolute atomic E-state index is 0.177. The second-order valence-corrected chi connectivity index (χ2v) is 6.99. The van der Waals surface area contributed by atoms with Gasteiger partial charge in [-0.1, -0.05) is 44.2 Å². The Morgan fingerprint density at radius 3 is 2.52 bits per heavy atom. The topological polar surface area (TPSA) is 37.8 Å². The van der Waals surface area contributed by atoms with Crippen LogP contribution in [0.4, 0.5) is 5.82 Å². The summed E-state index contributed by atoms with van der Waals surface area (Å²) in [5, 5.41) is 3.45. The van der Waals surface area contributed by atoms with Crippen molar-refractivity contribution in [3.63, 3.8) is 0 Å². The summed E-state index contributed by atoms with van der Waals surface area (Å²) < 4.78 is 1.11. The molecule has 0 saturated heterocycles. The minimum Gasteiger partial charge on any atom is -0.369 e. The second kappa shape index (κ2) is 5.91. The molecule has 0 spiro atoms. The molecule has 0 aliphatic heterocycles. The summed E-state index contributed by atoms with van der Waals surface area (Å²) in [5.41, 5.74) is 2.39. The van der Waals surface area contributed by atoms with Gasteiger partial charge in [-0.2, -0.15) is 0 Å². The summed E-state index contributed by atoms with van der Waals surface area (Å²) in [5.74, 6) is 1.97. The van der Waals surface area contributed by atoms with Crippen molar-refractivity contribution in [3.05, 3.63) is 39.7 Å². The van der Waals surface area contributed by atoms with Gasteiger partial charge in [0.15, 0.2) is 0 Å². The molecule has 1 aliphatic carbocycles. The van der Waals surface area contributed by atoms with Gasteiger partial charge >= 0.3 is 0 Å². The lowest BCUT2D eigenvalue weighted by Crippen LogP contribution is -2.13. The highest BCUT2D eigenvalue weighted by Crippen LogP contribution is 2.47. The molecule has 0 atom stereocenters. The molecule has 4 heteroatoms. The molecular formula is C17H20IN3. The lowest BCUT2D eigenvalue weighted by molar-refractivity contribution is 0.709. The zero-order valence-corrected chi connectivity index (χ0v) is 14.6. The van der Waals surface area contributed by atoms with Gasteiger partial charge in [0, 0.05) is 17.5 Å². The molecule has 1 aliphatic rings. The van der Waals surface area contributed by atoms with Crippen molar-refractivity contribution in [2.75, 3.05) is 11.9 Å². The van der Waals surface area contributed by atoms with Gasteiger partial charge in [-0.3, -0.25) is 0 Å². The highest BCUT2D eigenvalue weighted by molar-refractivity contribution is 14.1. The minimum atomic E-state index is 0.177. The van der Waals surface area contributed by atoms with Crippen LogP contribution in [0, 0.1) is 3.57 Å². The summed E-state index contributed by atoms with van der Waals surface area (Å²) in [6.45, 7) is 5.37. The first-order valence-electron chi connectivity index (χ1n) is 7.51. The number of benzene rings is 1. The van der Waals surface area contributed by atoms with Crippen molar-refractivity contribution in [2.24, 2.45) is 0 Å². The predicted molar refractivity (Wildman–Crippen MR) is 95.6 cm³/mol. The molecule has 1 aromatic carbocycles. The molecule has 1 N–H and O–H groups in total. The van der Waals surface area contributed by atoms with Crippen LogP contribution in [-0.4, -0.2) is 16.5 Å². The quantitative estimate of drug-likeness (QED) is 0.754. The van der Waals surface area contributed by atoms with Crippen LogP contribution in [0.2, 0.25) is 0 Å². The van der Waals surface area contributed by atoms with E-state index in [9.17, 15) is 0 Å². The van der Waals surface area contributed by atoms with Gasteiger partial charge in [0.2, 0.25) is 0 Å². The van der Waals surface area contributed by atoms with Gasteiger partial charge < -0.3 is 5.32 Å². The Hall–Kier alpha value is -1.17. The highest BCUT2D eigenvalue weighted by Gasteiger charge is 2.42. The third-order valence-corrected chi connectivity index (χ3v) is 5.00. The van der Waals surface area contributed by atoms with Gasteiger partial charge in [0.25, 0.3) is 0 Å². The highest BCUT2D eigenvalue weighted by atomic mass is 127. The fraction of sp³-hybridized carbons (Fsp3) is 0.412. The molecule has 110 valence electrons. The van der Waals surface area contributed by atoms with Crippen LogP contribution < -0.4 is 5.32 Å². The smallest absolute Gasteiger partial charge is 0.143 e. The standard InChI is InChI=1S/C17H20IN3/c1-3-11-19-15-13(18)14(12-7-5-4-6-8-12)20-16(21-15)17(2)9-10-17/h4-8H,3,9-11H2,1-2H3,(H,19,20,21). The largest absolute Gasteiger partial charge is 0.369 e. The van der Waals surface area contributed by atoms with Crippen molar-refractivity contribution >= 4 is 28.4 Å². The molecule has 3 nitrogen and oxygen atoms in total. The van der Waals surface area contributed by atoms with Crippen LogP contribution in [0.3, 0.4) is 0 Å². The van der Waals surface area contributed by atoms with E-state index in [2.05, 4.69) is 66.0 Å². The zero-order valence-electron chi connectivity index (χ0n) is 12.5. The van der Waals surface area contributed by atoms with E-state index in [-0.39, 0.29) is 5.41 Å². The molecule has 0 amide bonds. The van der Waals surface area contributed by atoms with Gasteiger partial charge in [0.05, 0.1) is 9.26 Å². The molecule has 2 aromatic rings. The average Bonchev–Trinajstić information content (AvgIpc) is 3.26. The van der Waals surface area contributed by atoms with E-state index in [1.165, 1.54) is 12.8 Å². The van der Waals surface area contributed by atoms with E-state index in [0.29, 0.717) is 0 Å². The van der Waals surface area contributed by atoms with Gasteiger partial charge in [-0.15, -0.1) is 0 Å². The third kappa shape index (κ3) is 3.05. The summed E-state index contributed by atoms with van der Waals surface area (Å²) >= 11 is 2.36. The van der Waals surface area contributed by atoms with Crippen molar-refractivity contribution in [2.45, 2.75) is 38.5 Å². The number of rotatable bonds is 5. The maximum absolute atomic E-state index is 4.89. The lowest BCUT2D eigenvalue weighted by Gasteiger charge is -2.15. The maximum Gasteiger partial charge on any atom is 0.143 e. The molecule has 1 saturated carbocycles. The number of anilines is 1. The Balaban J connectivity index is 2.09. The normalized spacial score (nSPS) is 15.8. The Bertz CT molecular complexity index is 636. The molecule has 1 fully saturated rings. The van der Waals surface area contributed by atoms with Crippen molar-refractivity contribution in [3.8, 4) is 11.3 Å². The number of hydrogen-bond acceptors (Lipinski definition) is 3. The number of halogens is 1. The monoisotopic (exact) mass is 393 g/mol. The second-order valence-electron chi connectivity index (χ2n) is 5.91. The number of nitrogens with one attached hydrogen (secondary N) is 1. The molecule has 0 unspecified atom stereocenters. The van der Waals surface area contributed by atoms with E-state index < -0.39 is 0 Å². The van der Waals surface area contributed by atoms with E-state index in [1.807, 2.05) is 6.07 Å². The van der Waals surface area contributed by atoms with Crippen LogP contribution in [-0.2, 0) is 5.41 Å². The van der Waals surface area contributed by atoms with Crippen LogP contribution >= 0.6 is 22.6 Å². The van der Waals surface area contributed by atoms with Crippen LogP contribution in [0.1, 0.15) is 38.9 Å². The number of aromatic nitrogens is 2. The lowest BCUT2D eigenvalue weighted by atomic mass is 10.1. The molecule has 0 bridgehead atoms. The molecule has 1 heterocycles. The Morgan fingerprint density at radius 1 is 1.19 bits per heavy atom. The van der Waals surface area contributed by atoms with Gasteiger partial charge in [-0.25, -0.2) is 9.97 Å². The number of nitrogens with zero attached hydrogens (tertiary/aromatic N) is 2. The molecular weight excluding hydrogens is 373 g/mol. The van der Waals surface area contributed by atoms with Crippen molar-refractivity contribution in [1.29, 1.82) is 0 Å². The SMILES string of the molecule is CCCNc1nc(C2(C)CC2)nc(-c2ccccc2)c1I. The van der Waals surface area contributed by atoms with Crippen molar-refractivity contribution in [1.82, 2.24) is 9.97 Å². The molecule has 1 aromatic heterocycles. The summed E-state index contributed by atoms with van der Waals surface area (Å²) in [7, 11) is 0. The van der Waals surface area contributed by atoms with Gasteiger partial charge in [0.1, 0.15) is 11.6 Å². The summed E-state index contributed by atoms with van der Waals surface area (Å²) in [4.78, 5) is 9.69. The Kier molecular flexibility index (Phi) is 4.15. The fourth-order valence-electron chi connectivity index (χ4n) is 2.28. The Labute approximate surface area is 139 Å². The van der Waals surface area contributed by atoms with Crippen molar-refractivity contribution < 1.29 is 0 Å². The molecule has 3 rings (SSSR count). The first kappa shape index (κ1) is 14.8. The maximum atomic E-state index is 4.89. The molecule has 0 radical (unpaired) electrons. The fourth-order valence-corrected chi connectivity index (χ4v) is 3.02. The van der Waals surface area contributed by atoms with E-state index in [4.69, 9.17) is 9.97 Å². The van der Waals surface area contributed by atoms with Crippen LogP contribution in [0.5, 0.6) is 0 Å². The van der Waals surface area contributed by atoms with E-state index in [0.717, 1.165) is 39.4 Å². The number of hydrogen-bond donors (Lipinski definition) is 1. The van der Waals surface area contributed by atoms with E-state index >= 15 is 0 Å². The van der Waals surface area contributed by atoms with Crippen LogP contribution in [0.15, 0.2) is 30.3 Å². The van der Waals surface area contributed by atoms with Gasteiger partial charge in [-0.05, 0) is 41.9 Å². The zero-order chi connectivity index (χ0) is 14.9. The molecule has 21 heavy (non-hydrogen) atoms. The third-order valence-electron chi connectivity index (χ3n) is 3.98.